The zero-order valence-corrected chi connectivity index (χ0v) is 17.7. The molecule has 1 atom stereocenters. The zero-order chi connectivity index (χ0) is 24.0. The number of aliphatic hydroxyl groups excluding tert-OH is 1. The van der Waals surface area contributed by atoms with Gasteiger partial charge >= 0.3 is 12.4 Å². The van der Waals surface area contributed by atoms with Gasteiger partial charge < -0.3 is 15.0 Å². The van der Waals surface area contributed by atoms with Crippen molar-refractivity contribution in [3.8, 4) is 0 Å². The summed E-state index contributed by atoms with van der Waals surface area (Å²) in [5.74, 6) is -4.49. The highest BCUT2D eigenvalue weighted by Crippen LogP contribution is 2.40. The number of H-pyrrole nitrogens is 1. The number of halogens is 7. The molecule has 178 valence electrons. The lowest BCUT2D eigenvalue weighted by Gasteiger charge is -2.36. The third kappa shape index (κ3) is 4.72. The van der Waals surface area contributed by atoms with E-state index >= 15 is 0 Å². The Bertz CT molecular complexity index is 1130. The van der Waals surface area contributed by atoms with Crippen LogP contribution < -0.4 is 4.90 Å². The molecule has 3 heterocycles. The fourth-order valence-corrected chi connectivity index (χ4v) is 4.25. The van der Waals surface area contributed by atoms with E-state index in [2.05, 4.69) is 19.9 Å². The van der Waals surface area contributed by atoms with Gasteiger partial charge in [0.2, 0.25) is 17.6 Å². The minimum atomic E-state index is -5.18. The third-order valence-corrected chi connectivity index (χ3v) is 5.72. The van der Waals surface area contributed by atoms with Crippen molar-refractivity contribution in [2.24, 2.45) is 0 Å². The Balaban J connectivity index is 1.83. The molecule has 13 heteroatoms. The van der Waals surface area contributed by atoms with E-state index in [1.807, 2.05) is 0 Å². The molecule has 3 aromatic rings. The number of aromatic amines is 1. The van der Waals surface area contributed by atoms with Crippen LogP contribution in [-0.4, -0.2) is 38.2 Å². The molecule has 33 heavy (non-hydrogen) atoms. The average Bonchev–Trinajstić information content (AvgIpc) is 3.10. The highest BCUT2D eigenvalue weighted by atomic mass is 35.5. The maximum Gasteiger partial charge on any atom is 0.451 e. The van der Waals surface area contributed by atoms with E-state index in [0.717, 1.165) is 16.5 Å². The molecular formula is C20H18ClF6N5O. The Hall–Kier alpha value is -2.60. The number of aromatic nitrogens is 4. The molecule has 0 amide bonds. The number of rotatable bonds is 5. The van der Waals surface area contributed by atoms with Crippen molar-refractivity contribution < 1.29 is 31.4 Å². The Morgan fingerprint density at radius 2 is 1.70 bits per heavy atom. The van der Waals surface area contributed by atoms with Crippen LogP contribution in [0.4, 0.5) is 32.3 Å². The van der Waals surface area contributed by atoms with Crippen molar-refractivity contribution in [3.63, 3.8) is 0 Å². The average molecular weight is 494 g/mol. The first kappa shape index (κ1) is 23.6. The molecule has 1 aliphatic heterocycles. The minimum absolute atomic E-state index is 0.0921. The summed E-state index contributed by atoms with van der Waals surface area (Å²) in [5, 5.41) is 10.5. The van der Waals surface area contributed by atoms with Gasteiger partial charge in [0.25, 0.3) is 0 Å². The Morgan fingerprint density at radius 1 is 1.03 bits per heavy atom. The first-order chi connectivity index (χ1) is 15.5. The number of benzene rings is 1. The van der Waals surface area contributed by atoms with Crippen molar-refractivity contribution in [3.05, 3.63) is 46.1 Å². The van der Waals surface area contributed by atoms with Crippen LogP contribution in [0.25, 0.3) is 10.9 Å². The molecule has 1 aliphatic rings. The van der Waals surface area contributed by atoms with Crippen LogP contribution in [0.1, 0.15) is 48.2 Å². The molecule has 1 unspecified atom stereocenters. The SMILES string of the molecule is OCCCCC1c2[nH]c3ccc(Cl)cc3c2CCN1c1nc(C(F)(F)F)nc(C(F)(F)F)n1. The molecule has 2 N–H and O–H groups in total. The van der Waals surface area contributed by atoms with Crippen LogP contribution in [0.3, 0.4) is 0 Å². The van der Waals surface area contributed by atoms with Gasteiger partial charge in [0.15, 0.2) is 0 Å². The predicted molar refractivity (Wildman–Crippen MR) is 108 cm³/mol. The molecule has 2 aromatic heterocycles. The summed E-state index contributed by atoms with van der Waals surface area (Å²) < 4.78 is 79.7. The summed E-state index contributed by atoms with van der Waals surface area (Å²) in [4.78, 5) is 13.9. The molecule has 0 radical (unpaired) electrons. The second kappa shape index (κ2) is 8.64. The number of nitrogens with zero attached hydrogens (tertiary/aromatic N) is 4. The van der Waals surface area contributed by atoms with E-state index < -0.39 is 36.0 Å². The van der Waals surface area contributed by atoms with Gasteiger partial charge in [0, 0.05) is 34.8 Å². The summed E-state index contributed by atoms with van der Waals surface area (Å²) in [7, 11) is 0. The fraction of sp³-hybridized carbons (Fsp3) is 0.450. The molecule has 0 aliphatic carbocycles. The van der Waals surface area contributed by atoms with Crippen LogP contribution in [0.2, 0.25) is 5.02 Å². The Kier molecular flexibility index (Phi) is 6.16. The molecule has 6 nitrogen and oxygen atoms in total. The first-order valence-corrected chi connectivity index (χ1v) is 10.4. The minimum Gasteiger partial charge on any atom is -0.396 e. The summed E-state index contributed by atoms with van der Waals surface area (Å²) in [6.07, 6.45) is -8.77. The van der Waals surface area contributed by atoms with Crippen LogP contribution in [0.15, 0.2) is 18.2 Å². The van der Waals surface area contributed by atoms with Crippen molar-refractivity contribution >= 4 is 28.5 Å². The molecule has 0 saturated carbocycles. The number of alkyl halides is 6. The summed E-state index contributed by atoms with van der Waals surface area (Å²) in [5.41, 5.74) is 2.29. The van der Waals surface area contributed by atoms with E-state index in [1.54, 1.807) is 18.2 Å². The van der Waals surface area contributed by atoms with Gasteiger partial charge in [-0.15, -0.1) is 0 Å². The smallest absolute Gasteiger partial charge is 0.396 e. The second-order valence-electron chi connectivity index (χ2n) is 7.66. The lowest BCUT2D eigenvalue weighted by molar-refractivity contribution is -0.155. The molecule has 4 rings (SSSR count). The monoisotopic (exact) mass is 493 g/mol. The van der Waals surface area contributed by atoms with Crippen LogP contribution in [0.5, 0.6) is 0 Å². The maximum atomic E-state index is 13.3. The van der Waals surface area contributed by atoms with E-state index in [-0.39, 0.29) is 13.2 Å². The van der Waals surface area contributed by atoms with Gasteiger partial charge in [0.1, 0.15) is 0 Å². The molecule has 0 bridgehead atoms. The summed E-state index contributed by atoms with van der Waals surface area (Å²) >= 11 is 6.11. The standard InChI is InChI=1S/C20H18ClF6N5O/c21-10-4-5-13-12(9-10)11-6-7-32(14(15(11)28-13)3-1-2-8-33)18-30-16(19(22,23)24)29-17(31-18)20(25,26)27/h4-5,9,14,28,33H,1-3,6-8H2. The number of aliphatic hydroxyl groups is 1. The quantitative estimate of drug-likeness (QED) is 0.372. The molecular weight excluding hydrogens is 476 g/mol. The number of hydrogen-bond donors (Lipinski definition) is 2. The first-order valence-electron chi connectivity index (χ1n) is 10.1. The van der Waals surface area contributed by atoms with E-state index in [9.17, 15) is 26.3 Å². The van der Waals surface area contributed by atoms with Crippen LogP contribution >= 0.6 is 11.6 Å². The maximum absolute atomic E-state index is 13.3. The Labute approximate surface area is 188 Å². The topological polar surface area (TPSA) is 77.9 Å². The predicted octanol–water partition coefficient (Wildman–Crippen LogP) is 5.31. The van der Waals surface area contributed by atoms with E-state index in [1.165, 1.54) is 4.90 Å². The fourth-order valence-electron chi connectivity index (χ4n) is 4.07. The third-order valence-electron chi connectivity index (χ3n) is 5.49. The van der Waals surface area contributed by atoms with E-state index in [0.29, 0.717) is 36.4 Å². The highest BCUT2D eigenvalue weighted by molar-refractivity contribution is 6.31. The lowest BCUT2D eigenvalue weighted by Crippen LogP contribution is -2.38. The van der Waals surface area contributed by atoms with Crippen molar-refractivity contribution in [2.45, 2.75) is 44.1 Å². The molecule has 0 saturated heterocycles. The number of nitrogens with one attached hydrogen (secondary N) is 1. The van der Waals surface area contributed by atoms with Crippen LogP contribution in [0, 0.1) is 0 Å². The van der Waals surface area contributed by atoms with Gasteiger partial charge in [-0.1, -0.05) is 11.6 Å². The number of anilines is 1. The van der Waals surface area contributed by atoms with Gasteiger partial charge in [-0.25, -0.2) is 4.98 Å². The molecule has 0 fully saturated rings. The largest absolute Gasteiger partial charge is 0.451 e. The number of fused-ring (bicyclic) bond motifs is 3. The normalized spacial score (nSPS) is 17.0. The summed E-state index contributed by atoms with van der Waals surface area (Å²) in [6, 6.07) is 4.58. The van der Waals surface area contributed by atoms with Crippen molar-refractivity contribution in [1.29, 1.82) is 0 Å². The van der Waals surface area contributed by atoms with E-state index in [4.69, 9.17) is 16.7 Å². The lowest BCUT2D eigenvalue weighted by atomic mass is 9.94. The zero-order valence-electron chi connectivity index (χ0n) is 16.9. The second-order valence-corrected chi connectivity index (χ2v) is 8.10. The van der Waals surface area contributed by atoms with Gasteiger partial charge in [0.05, 0.1) is 6.04 Å². The Morgan fingerprint density at radius 3 is 2.30 bits per heavy atom. The molecule has 1 aromatic carbocycles. The number of unbranched alkanes of at least 4 members (excludes halogenated alkanes) is 1. The number of hydrogen-bond acceptors (Lipinski definition) is 5. The van der Waals surface area contributed by atoms with Gasteiger partial charge in [-0.2, -0.15) is 36.3 Å². The van der Waals surface area contributed by atoms with Crippen LogP contribution in [-0.2, 0) is 18.8 Å². The van der Waals surface area contributed by atoms with Crippen molar-refractivity contribution in [2.75, 3.05) is 18.1 Å². The van der Waals surface area contributed by atoms with Gasteiger partial charge in [-0.3, -0.25) is 0 Å². The van der Waals surface area contributed by atoms with Crippen molar-refractivity contribution in [1.82, 2.24) is 19.9 Å². The summed E-state index contributed by atoms with van der Waals surface area (Å²) in [6.45, 7) is -0.00104. The highest BCUT2D eigenvalue weighted by Gasteiger charge is 2.43. The molecule has 0 spiro atoms. The van der Waals surface area contributed by atoms with Gasteiger partial charge in [-0.05, 0) is 49.4 Å².